The smallest absolute Gasteiger partial charge is 0.0992 e. The Morgan fingerprint density at radius 2 is 2.23 bits per heavy atom. The highest BCUT2D eigenvalue weighted by Gasteiger charge is 2.16. The standard InChI is InChI=1S/C18H23N5.C3H6/c1-13(21-16-4-3-7-23(2)12-16)20-11-17-9-15-6-5-14(10-19)8-18(15)22-17;1-3-2/h5-6,8-9,16,20-22H,1,3-4,7,11-12H2,2H3;3H,1H2,2H3. The predicted octanol–water partition coefficient (Wildman–Crippen LogP) is 3.48. The molecule has 0 aliphatic carbocycles. The van der Waals surface area contributed by atoms with Crippen molar-refractivity contribution in [2.75, 3.05) is 20.1 Å². The number of aromatic amines is 1. The van der Waals surface area contributed by atoms with Gasteiger partial charge in [0.05, 0.1) is 24.0 Å². The Morgan fingerprint density at radius 1 is 1.46 bits per heavy atom. The highest BCUT2D eigenvalue weighted by atomic mass is 15.2. The summed E-state index contributed by atoms with van der Waals surface area (Å²) in [6.07, 6.45) is 4.17. The van der Waals surface area contributed by atoms with Gasteiger partial charge in [0.25, 0.3) is 0 Å². The molecule has 1 aliphatic rings. The summed E-state index contributed by atoms with van der Waals surface area (Å²) in [6, 6.07) is 10.4. The number of fused-ring (bicyclic) bond motifs is 1. The molecule has 3 N–H and O–H groups in total. The van der Waals surface area contributed by atoms with E-state index in [9.17, 15) is 0 Å². The number of nitriles is 1. The molecular formula is C21H29N5. The monoisotopic (exact) mass is 351 g/mol. The van der Waals surface area contributed by atoms with E-state index in [2.05, 4.69) is 52.9 Å². The number of benzene rings is 1. The van der Waals surface area contributed by atoms with Crippen LogP contribution in [0.15, 0.2) is 49.3 Å². The van der Waals surface area contributed by atoms with Crippen molar-refractivity contribution < 1.29 is 0 Å². The molecule has 5 heteroatoms. The van der Waals surface area contributed by atoms with Gasteiger partial charge in [0.15, 0.2) is 0 Å². The Bertz CT molecular complexity index is 783. The maximum atomic E-state index is 8.95. The van der Waals surface area contributed by atoms with Gasteiger partial charge < -0.3 is 20.5 Å². The van der Waals surface area contributed by atoms with Gasteiger partial charge >= 0.3 is 0 Å². The number of H-pyrrole nitrogens is 1. The first-order valence-electron chi connectivity index (χ1n) is 9.02. The van der Waals surface area contributed by atoms with Crippen molar-refractivity contribution in [2.24, 2.45) is 0 Å². The summed E-state index contributed by atoms with van der Waals surface area (Å²) in [5, 5.41) is 16.9. The van der Waals surface area contributed by atoms with E-state index in [1.807, 2.05) is 25.1 Å². The second-order valence-corrected chi connectivity index (χ2v) is 6.69. The lowest BCUT2D eigenvalue weighted by atomic mass is 10.1. The summed E-state index contributed by atoms with van der Waals surface area (Å²) >= 11 is 0. The number of piperidine rings is 1. The van der Waals surface area contributed by atoms with Crippen LogP contribution in [0.25, 0.3) is 10.9 Å². The highest BCUT2D eigenvalue weighted by molar-refractivity contribution is 5.81. The quantitative estimate of drug-likeness (QED) is 0.722. The molecule has 0 saturated carbocycles. The number of likely N-dealkylation sites (N-methyl/N-ethyl adjacent to an activating group) is 1. The van der Waals surface area contributed by atoms with Crippen LogP contribution < -0.4 is 10.6 Å². The topological polar surface area (TPSA) is 66.9 Å². The summed E-state index contributed by atoms with van der Waals surface area (Å²) in [5.41, 5.74) is 2.75. The normalized spacial score (nSPS) is 16.9. The molecule has 1 unspecified atom stereocenters. The molecule has 0 bridgehead atoms. The number of nitrogens with zero attached hydrogens (tertiary/aromatic N) is 2. The largest absolute Gasteiger partial charge is 0.368 e. The van der Waals surface area contributed by atoms with Gasteiger partial charge in [0, 0.05) is 23.8 Å². The molecule has 1 aliphatic heterocycles. The molecule has 1 aromatic heterocycles. The van der Waals surface area contributed by atoms with Crippen LogP contribution in [0.5, 0.6) is 0 Å². The lowest BCUT2D eigenvalue weighted by molar-refractivity contribution is 0.233. The fraction of sp³-hybridized carbons (Fsp3) is 0.381. The minimum atomic E-state index is 0.467. The maximum absolute atomic E-state index is 8.95. The van der Waals surface area contributed by atoms with E-state index in [1.54, 1.807) is 6.08 Å². The van der Waals surface area contributed by atoms with Gasteiger partial charge in [-0.05, 0) is 56.9 Å². The summed E-state index contributed by atoms with van der Waals surface area (Å²) in [7, 11) is 2.16. The van der Waals surface area contributed by atoms with Gasteiger partial charge in [0.2, 0.25) is 0 Å². The molecule has 5 nitrogen and oxygen atoms in total. The van der Waals surface area contributed by atoms with Crippen LogP contribution in [0.1, 0.15) is 31.0 Å². The molecule has 2 aromatic rings. The van der Waals surface area contributed by atoms with Crippen LogP contribution in [-0.2, 0) is 6.54 Å². The Balaban J connectivity index is 0.000000758. The third-order valence-corrected chi connectivity index (χ3v) is 4.30. The second kappa shape index (κ2) is 9.69. The number of allylic oxidation sites excluding steroid dienone is 1. The van der Waals surface area contributed by atoms with E-state index in [0.29, 0.717) is 18.2 Å². The zero-order valence-electron chi connectivity index (χ0n) is 15.8. The van der Waals surface area contributed by atoms with Gasteiger partial charge in [0.1, 0.15) is 0 Å². The number of rotatable bonds is 5. The van der Waals surface area contributed by atoms with Gasteiger partial charge in [-0.3, -0.25) is 0 Å². The molecule has 0 spiro atoms. The molecule has 3 rings (SSSR count). The average molecular weight is 351 g/mol. The number of hydrogen-bond donors (Lipinski definition) is 3. The molecule has 1 atom stereocenters. The lowest BCUT2D eigenvalue weighted by Crippen LogP contribution is -2.45. The number of likely N-dealkylation sites (tertiary alicyclic amines) is 1. The van der Waals surface area contributed by atoms with Crippen LogP contribution in [0, 0.1) is 11.3 Å². The van der Waals surface area contributed by atoms with E-state index in [1.165, 1.54) is 19.4 Å². The lowest BCUT2D eigenvalue weighted by Gasteiger charge is -2.31. The van der Waals surface area contributed by atoms with E-state index >= 15 is 0 Å². The first-order chi connectivity index (χ1) is 12.5. The van der Waals surface area contributed by atoms with Crippen LogP contribution in [0.4, 0.5) is 0 Å². The van der Waals surface area contributed by atoms with E-state index < -0.39 is 0 Å². The van der Waals surface area contributed by atoms with Crippen molar-refractivity contribution in [2.45, 2.75) is 32.4 Å². The van der Waals surface area contributed by atoms with Crippen molar-refractivity contribution in [3.05, 3.63) is 60.6 Å². The van der Waals surface area contributed by atoms with Gasteiger partial charge in [-0.2, -0.15) is 5.26 Å². The van der Waals surface area contributed by atoms with Gasteiger partial charge in [-0.15, -0.1) is 6.58 Å². The molecule has 1 saturated heterocycles. The van der Waals surface area contributed by atoms with Crippen LogP contribution in [0.2, 0.25) is 0 Å². The van der Waals surface area contributed by atoms with Crippen molar-refractivity contribution >= 4 is 10.9 Å². The Kier molecular flexibility index (Phi) is 7.31. The summed E-state index contributed by atoms with van der Waals surface area (Å²) in [6.45, 7) is 12.2. The third kappa shape index (κ3) is 5.68. The van der Waals surface area contributed by atoms with Crippen molar-refractivity contribution in [1.29, 1.82) is 5.26 Å². The molecule has 2 heterocycles. The number of hydrogen-bond acceptors (Lipinski definition) is 4. The maximum Gasteiger partial charge on any atom is 0.0992 e. The van der Waals surface area contributed by atoms with E-state index in [-0.39, 0.29) is 0 Å². The minimum absolute atomic E-state index is 0.467. The highest BCUT2D eigenvalue weighted by Crippen LogP contribution is 2.17. The minimum Gasteiger partial charge on any atom is -0.368 e. The number of aromatic nitrogens is 1. The zero-order valence-corrected chi connectivity index (χ0v) is 15.8. The third-order valence-electron chi connectivity index (χ3n) is 4.30. The van der Waals surface area contributed by atoms with E-state index in [4.69, 9.17) is 5.26 Å². The fourth-order valence-corrected chi connectivity index (χ4v) is 3.14. The van der Waals surface area contributed by atoms with E-state index in [0.717, 1.165) is 29.0 Å². The van der Waals surface area contributed by atoms with Gasteiger partial charge in [-0.25, -0.2) is 0 Å². The first kappa shape index (κ1) is 19.6. The van der Waals surface area contributed by atoms with Crippen LogP contribution in [0.3, 0.4) is 0 Å². The molecule has 1 fully saturated rings. The van der Waals surface area contributed by atoms with Crippen molar-refractivity contribution in [1.82, 2.24) is 20.5 Å². The van der Waals surface area contributed by atoms with Crippen molar-refractivity contribution in [3.8, 4) is 6.07 Å². The fourth-order valence-electron chi connectivity index (χ4n) is 3.14. The second-order valence-electron chi connectivity index (χ2n) is 6.69. The molecule has 138 valence electrons. The summed E-state index contributed by atoms with van der Waals surface area (Å²) < 4.78 is 0. The predicted molar refractivity (Wildman–Crippen MR) is 109 cm³/mol. The Morgan fingerprint density at radius 3 is 2.92 bits per heavy atom. The average Bonchev–Trinajstić information content (AvgIpc) is 3.02. The molecule has 26 heavy (non-hydrogen) atoms. The zero-order chi connectivity index (χ0) is 18.9. The van der Waals surface area contributed by atoms with Crippen LogP contribution in [-0.4, -0.2) is 36.1 Å². The Hall–Kier alpha value is -2.71. The molecule has 1 aromatic carbocycles. The first-order valence-corrected chi connectivity index (χ1v) is 9.02. The summed E-state index contributed by atoms with van der Waals surface area (Å²) in [5.74, 6) is 0.863. The van der Waals surface area contributed by atoms with Gasteiger partial charge in [-0.1, -0.05) is 18.7 Å². The number of nitrogens with one attached hydrogen (secondary N) is 3. The summed E-state index contributed by atoms with van der Waals surface area (Å²) in [4.78, 5) is 5.69. The van der Waals surface area contributed by atoms with Crippen molar-refractivity contribution in [3.63, 3.8) is 0 Å². The molecule has 0 radical (unpaired) electrons. The molecule has 0 amide bonds. The van der Waals surface area contributed by atoms with Crippen LogP contribution >= 0.6 is 0 Å². The Labute approximate surface area is 156 Å². The molecular weight excluding hydrogens is 322 g/mol. The SMILES string of the molecule is C=C(NCc1cc2ccc(C#N)cc2[nH]1)NC1CCCN(C)C1.C=CC.